The van der Waals surface area contributed by atoms with Gasteiger partial charge in [0.25, 0.3) is 23.6 Å². The normalized spacial score (nSPS) is 13.4. The van der Waals surface area contributed by atoms with Crippen LogP contribution in [-0.4, -0.2) is 72.6 Å². The molecule has 61 heavy (non-hydrogen) atoms. The molecule has 0 unspecified atom stereocenters. The van der Waals surface area contributed by atoms with Gasteiger partial charge >= 0.3 is 11.9 Å². The van der Waals surface area contributed by atoms with Gasteiger partial charge in [0.15, 0.2) is 6.73 Å². The van der Waals surface area contributed by atoms with Crippen molar-refractivity contribution in [3.05, 3.63) is 142 Å². The number of imide groups is 2. The van der Waals surface area contributed by atoms with Gasteiger partial charge in [0.2, 0.25) is 13.1 Å². The summed E-state index contributed by atoms with van der Waals surface area (Å²) in [6.07, 6.45) is 7.94. The van der Waals surface area contributed by atoms with Gasteiger partial charge in [0.05, 0.1) is 45.1 Å². The number of halogens is 2. The van der Waals surface area contributed by atoms with E-state index in [1.54, 1.807) is 112 Å². The number of ether oxygens (including phenoxy) is 2. The third-order valence-electron chi connectivity index (χ3n) is 9.78. The summed E-state index contributed by atoms with van der Waals surface area (Å²) in [5, 5.41) is 0.659. The van der Waals surface area contributed by atoms with Crippen LogP contribution in [0.4, 0.5) is 0 Å². The summed E-state index contributed by atoms with van der Waals surface area (Å²) < 4.78 is 16.1. The van der Waals surface area contributed by atoms with Gasteiger partial charge in [-0.15, -0.1) is 0 Å². The van der Waals surface area contributed by atoms with E-state index in [-0.39, 0.29) is 74.5 Å². The summed E-state index contributed by atoms with van der Waals surface area (Å²) in [5.74, 6) is -1.68. The fraction of sp³-hybridized carbons (Fsp3) is 0.333. The molecule has 320 valence electrons. The Bertz CT molecular complexity index is 2380. The molecule has 3 aromatic carbocycles. The van der Waals surface area contributed by atoms with E-state index in [9.17, 15) is 28.8 Å². The zero-order chi connectivity index (χ0) is 43.4. The van der Waals surface area contributed by atoms with E-state index < -0.39 is 10.8 Å². The van der Waals surface area contributed by atoms with Crippen molar-refractivity contribution in [2.24, 2.45) is 10.8 Å². The van der Waals surface area contributed by atoms with Crippen molar-refractivity contribution < 1.29 is 55.2 Å². The Labute approximate surface area is 365 Å². The molecule has 2 aromatic heterocycles. The van der Waals surface area contributed by atoms with Crippen LogP contribution in [-0.2, 0) is 51.9 Å². The summed E-state index contributed by atoms with van der Waals surface area (Å²) in [4.78, 5) is 80.9. The first-order chi connectivity index (χ1) is 28.4. The smallest absolute Gasteiger partial charge is 0.314 e. The van der Waals surface area contributed by atoms with E-state index in [1.807, 2.05) is 41.4 Å². The van der Waals surface area contributed by atoms with Crippen LogP contribution in [0.1, 0.15) is 99.9 Å². The number of hydrogen-bond acceptors (Lipinski definition) is 9. The van der Waals surface area contributed by atoms with Crippen molar-refractivity contribution in [2.45, 2.75) is 74.4 Å². The number of imidazole rings is 2. The van der Waals surface area contributed by atoms with Gasteiger partial charge in [-0.3, -0.25) is 38.6 Å². The molecular formula is C45H48Cl2N6O8. The van der Waals surface area contributed by atoms with Crippen LogP contribution in [0.15, 0.2) is 97.8 Å². The predicted octanol–water partition coefficient (Wildman–Crippen LogP) is 3.14. The molecule has 4 heterocycles. The maximum Gasteiger partial charge on any atom is 0.314 e. The Kier molecular flexibility index (Phi) is 14.4. The number of hydrogen-bond donors (Lipinski definition) is 0. The van der Waals surface area contributed by atoms with Crippen molar-refractivity contribution in [1.82, 2.24) is 23.9 Å². The van der Waals surface area contributed by atoms with Crippen LogP contribution in [0.5, 0.6) is 0 Å². The lowest BCUT2D eigenvalue weighted by Crippen LogP contribution is -3.00. The van der Waals surface area contributed by atoms with E-state index in [1.165, 1.54) is 9.80 Å². The number of carbonyl (C=O) groups is 6. The Hall–Kier alpha value is -6.12. The van der Waals surface area contributed by atoms with Crippen molar-refractivity contribution in [3.63, 3.8) is 0 Å². The molecule has 16 heteroatoms. The third kappa shape index (κ3) is 11.0. The molecule has 0 fully saturated rings. The van der Waals surface area contributed by atoms with Gasteiger partial charge in [0.1, 0.15) is 18.4 Å². The van der Waals surface area contributed by atoms with Gasteiger partial charge in [0, 0.05) is 37.2 Å². The molecule has 2 aliphatic rings. The first-order valence-electron chi connectivity index (χ1n) is 19.5. The average molecular weight is 872 g/mol. The number of amides is 4. The monoisotopic (exact) mass is 870 g/mol. The van der Waals surface area contributed by atoms with Crippen LogP contribution >= 0.6 is 11.6 Å². The summed E-state index contributed by atoms with van der Waals surface area (Å²) in [6.45, 7) is 12.0. The summed E-state index contributed by atoms with van der Waals surface area (Å²) in [7, 11) is 0. The van der Waals surface area contributed by atoms with E-state index >= 15 is 0 Å². The minimum Gasteiger partial charge on any atom is -1.00 e. The first kappa shape index (κ1) is 46.0. The molecule has 2 aliphatic heterocycles. The van der Waals surface area contributed by atoms with Crippen molar-refractivity contribution in [2.75, 3.05) is 13.1 Å². The number of aromatic nitrogens is 4. The quantitative estimate of drug-likeness (QED) is 0.105. The first-order valence-corrected chi connectivity index (χ1v) is 19.9. The van der Waals surface area contributed by atoms with Crippen LogP contribution in [0, 0.1) is 10.8 Å². The maximum absolute atomic E-state index is 12.7. The largest absolute Gasteiger partial charge is 1.00 e. The zero-order valence-electron chi connectivity index (χ0n) is 34.9. The second-order valence-corrected chi connectivity index (χ2v) is 17.1. The highest BCUT2D eigenvalue weighted by molar-refractivity contribution is 6.30. The molecule has 0 radical (unpaired) electrons. The molecular weight excluding hydrogens is 823 g/mol. The SMILES string of the molecule is CC(C)(C)C(=O)OC[n+]1cc(CCN2C(=O)c3ccccc3C2=O)n(Cc2ccc(Cl)cc2)c1.CC(C)(C)C(=O)OCn1cnc(CCN2C(=O)c3ccccc3C2=O)c1.[Cl-]. The Morgan fingerprint density at radius 3 is 1.66 bits per heavy atom. The molecule has 7 rings (SSSR count). The predicted molar refractivity (Wildman–Crippen MR) is 220 cm³/mol. The Morgan fingerprint density at radius 1 is 0.689 bits per heavy atom. The second-order valence-electron chi connectivity index (χ2n) is 16.6. The van der Waals surface area contributed by atoms with Crippen molar-refractivity contribution in [3.8, 4) is 0 Å². The molecule has 0 saturated carbocycles. The number of carbonyl (C=O) groups excluding carboxylic acids is 6. The lowest BCUT2D eigenvalue weighted by Gasteiger charge is -2.16. The zero-order valence-corrected chi connectivity index (χ0v) is 36.4. The number of nitrogens with zero attached hydrogens (tertiary/aromatic N) is 6. The highest BCUT2D eigenvalue weighted by Gasteiger charge is 2.36. The summed E-state index contributed by atoms with van der Waals surface area (Å²) in [6, 6.07) is 21.2. The van der Waals surface area contributed by atoms with Crippen molar-refractivity contribution in [1.29, 1.82) is 0 Å². The van der Waals surface area contributed by atoms with Crippen molar-refractivity contribution >= 4 is 47.2 Å². The molecule has 0 spiro atoms. The lowest BCUT2D eigenvalue weighted by atomic mass is 9.97. The molecule has 5 aromatic rings. The Balaban J connectivity index is 0.000000235. The average Bonchev–Trinajstić information content (AvgIpc) is 3.95. The van der Waals surface area contributed by atoms with Gasteiger partial charge in [-0.2, -0.15) is 0 Å². The molecule has 0 atom stereocenters. The number of rotatable bonds is 12. The van der Waals surface area contributed by atoms with Crippen LogP contribution in [0.25, 0.3) is 0 Å². The van der Waals surface area contributed by atoms with Crippen LogP contribution in [0.3, 0.4) is 0 Å². The van der Waals surface area contributed by atoms with Gasteiger partial charge < -0.3 is 26.4 Å². The van der Waals surface area contributed by atoms with Gasteiger partial charge in [-0.05, 0) is 83.5 Å². The molecule has 0 aliphatic carbocycles. The minimum atomic E-state index is -0.596. The van der Waals surface area contributed by atoms with E-state index in [0.29, 0.717) is 52.4 Å². The second kappa shape index (κ2) is 19.1. The van der Waals surface area contributed by atoms with E-state index in [4.69, 9.17) is 21.1 Å². The molecule has 4 amide bonds. The molecule has 0 N–H and O–H groups in total. The van der Waals surface area contributed by atoms with Gasteiger partial charge in [-0.25, -0.2) is 14.1 Å². The number of fused-ring (bicyclic) bond motifs is 2. The third-order valence-corrected chi connectivity index (χ3v) is 10.0. The van der Waals surface area contributed by atoms with Gasteiger partial charge in [-0.1, -0.05) is 48.0 Å². The molecule has 0 saturated heterocycles. The van der Waals surface area contributed by atoms with Crippen LogP contribution < -0.4 is 17.0 Å². The van der Waals surface area contributed by atoms with Crippen LogP contribution in [0.2, 0.25) is 5.02 Å². The minimum absolute atomic E-state index is 0. The van der Waals surface area contributed by atoms with E-state index in [0.717, 1.165) is 11.3 Å². The lowest BCUT2D eigenvalue weighted by molar-refractivity contribution is -0.727. The Morgan fingerprint density at radius 2 is 1.16 bits per heavy atom. The number of benzene rings is 3. The maximum atomic E-state index is 12.7. The standard InChI is InChI=1S/C26H27ClN3O4.C19H21N3O4.ClH/c1-26(2,3)25(33)34-17-28-15-20(29(16-28)14-18-8-10-19(27)11-9-18)12-13-30-23(31)21-6-4-5-7-22(21)24(30)32;1-19(2,3)18(25)26-12-21-10-13(20-11-21)8-9-22-16(23)14-6-4-5-7-15(14)17(22)24;/h4-11,15-16H,12-14,17H2,1-3H3;4-7,10-11H,8-9,12H2,1-3H3;1H/q+1;;/p-1. The summed E-state index contributed by atoms with van der Waals surface area (Å²) in [5.41, 5.74) is 3.26. The van der Waals surface area contributed by atoms with E-state index in [2.05, 4.69) is 4.98 Å². The highest BCUT2D eigenvalue weighted by atomic mass is 35.5. The highest BCUT2D eigenvalue weighted by Crippen LogP contribution is 2.24. The molecule has 0 bridgehead atoms. The summed E-state index contributed by atoms with van der Waals surface area (Å²) >= 11 is 6.02. The number of esters is 2. The molecule has 14 nitrogen and oxygen atoms in total. The fourth-order valence-electron chi connectivity index (χ4n) is 6.40. The fourth-order valence-corrected chi connectivity index (χ4v) is 6.53. The topological polar surface area (TPSA) is 154 Å².